The van der Waals surface area contributed by atoms with Crippen LogP contribution in [0.1, 0.15) is 23.2 Å². The Morgan fingerprint density at radius 3 is 2.45 bits per heavy atom. The second kappa shape index (κ2) is 8.78. The Labute approximate surface area is 184 Å². The predicted octanol–water partition coefficient (Wildman–Crippen LogP) is 5.77. The zero-order chi connectivity index (χ0) is 21.0. The van der Waals surface area contributed by atoms with Gasteiger partial charge in [-0.15, -0.1) is 0 Å². The molecule has 0 bridgehead atoms. The summed E-state index contributed by atoms with van der Waals surface area (Å²) in [5, 5.41) is 0.705. The molecule has 1 fully saturated rings. The highest BCUT2D eigenvalue weighted by Gasteiger charge is 2.25. The lowest BCUT2D eigenvalue weighted by atomic mass is 10.1. The number of aromatic nitrogens is 1. The SMILES string of the molecule is O=C(c1cccc(Oc2ccccc2)c1)N1CCC(Oc2nc3ccccc3s2)CC1. The summed E-state index contributed by atoms with van der Waals surface area (Å²) in [5.74, 6) is 1.43. The number of likely N-dealkylation sites (tertiary alicyclic amines) is 1. The van der Waals surface area contributed by atoms with E-state index in [0.717, 1.165) is 28.8 Å². The lowest BCUT2D eigenvalue weighted by Crippen LogP contribution is -2.41. The third-order valence-electron chi connectivity index (χ3n) is 5.33. The summed E-state index contributed by atoms with van der Waals surface area (Å²) in [6, 6.07) is 25.0. The highest BCUT2D eigenvalue weighted by atomic mass is 32.1. The van der Waals surface area contributed by atoms with Crippen molar-refractivity contribution in [3.63, 3.8) is 0 Å². The Morgan fingerprint density at radius 1 is 0.903 bits per heavy atom. The van der Waals surface area contributed by atoms with Crippen LogP contribution in [0.25, 0.3) is 10.2 Å². The molecule has 31 heavy (non-hydrogen) atoms. The van der Waals surface area contributed by atoms with Crippen molar-refractivity contribution in [2.45, 2.75) is 18.9 Å². The summed E-state index contributed by atoms with van der Waals surface area (Å²) in [5.41, 5.74) is 1.60. The molecule has 1 aromatic heterocycles. The molecular formula is C25H22N2O3S. The molecule has 2 heterocycles. The normalized spacial score (nSPS) is 14.5. The molecule has 1 amide bonds. The van der Waals surface area contributed by atoms with Gasteiger partial charge in [-0.1, -0.05) is 47.7 Å². The minimum absolute atomic E-state index is 0.0250. The number of hydrogen-bond acceptors (Lipinski definition) is 5. The third-order valence-corrected chi connectivity index (χ3v) is 6.26. The van der Waals surface area contributed by atoms with Gasteiger partial charge in [-0.3, -0.25) is 4.79 Å². The van der Waals surface area contributed by atoms with Gasteiger partial charge in [0.05, 0.1) is 10.2 Å². The van der Waals surface area contributed by atoms with Crippen molar-refractivity contribution in [2.24, 2.45) is 0 Å². The van der Waals surface area contributed by atoms with Crippen molar-refractivity contribution >= 4 is 27.5 Å². The van der Waals surface area contributed by atoms with Crippen LogP contribution in [0.3, 0.4) is 0 Å². The lowest BCUT2D eigenvalue weighted by Gasteiger charge is -2.31. The van der Waals surface area contributed by atoms with Gasteiger partial charge in [0, 0.05) is 31.5 Å². The van der Waals surface area contributed by atoms with Crippen LogP contribution >= 0.6 is 11.3 Å². The first-order valence-corrected chi connectivity index (χ1v) is 11.2. The summed E-state index contributed by atoms with van der Waals surface area (Å²) < 4.78 is 13.1. The van der Waals surface area contributed by atoms with Crippen LogP contribution in [0.15, 0.2) is 78.9 Å². The predicted molar refractivity (Wildman–Crippen MR) is 122 cm³/mol. The molecular weight excluding hydrogens is 408 g/mol. The molecule has 0 N–H and O–H groups in total. The minimum Gasteiger partial charge on any atom is -0.467 e. The van der Waals surface area contributed by atoms with Crippen molar-refractivity contribution < 1.29 is 14.3 Å². The smallest absolute Gasteiger partial charge is 0.274 e. The van der Waals surface area contributed by atoms with Crippen LogP contribution in [-0.4, -0.2) is 35.0 Å². The number of nitrogens with zero attached hydrogens (tertiary/aromatic N) is 2. The van der Waals surface area contributed by atoms with Gasteiger partial charge < -0.3 is 14.4 Å². The Balaban J connectivity index is 1.19. The molecule has 1 aliphatic rings. The maximum atomic E-state index is 13.0. The van der Waals surface area contributed by atoms with E-state index in [2.05, 4.69) is 11.1 Å². The van der Waals surface area contributed by atoms with E-state index in [1.54, 1.807) is 17.4 Å². The first-order valence-electron chi connectivity index (χ1n) is 10.4. The van der Waals surface area contributed by atoms with Crippen LogP contribution in [-0.2, 0) is 0 Å². The highest BCUT2D eigenvalue weighted by Crippen LogP contribution is 2.30. The molecule has 0 aliphatic carbocycles. The summed E-state index contributed by atoms with van der Waals surface area (Å²) in [7, 11) is 0. The van der Waals surface area contributed by atoms with E-state index < -0.39 is 0 Å². The molecule has 0 atom stereocenters. The number of fused-ring (bicyclic) bond motifs is 1. The van der Waals surface area contributed by atoms with Gasteiger partial charge in [-0.05, 0) is 42.5 Å². The molecule has 0 spiro atoms. The van der Waals surface area contributed by atoms with Gasteiger partial charge in [-0.25, -0.2) is 4.98 Å². The van der Waals surface area contributed by atoms with Gasteiger partial charge in [0.2, 0.25) is 0 Å². The number of carbonyl (C=O) groups is 1. The molecule has 5 nitrogen and oxygen atoms in total. The second-order valence-electron chi connectivity index (χ2n) is 7.50. The average molecular weight is 431 g/mol. The molecule has 5 rings (SSSR count). The van der Waals surface area contributed by atoms with E-state index in [-0.39, 0.29) is 12.0 Å². The van der Waals surface area contributed by atoms with E-state index >= 15 is 0 Å². The van der Waals surface area contributed by atoms with Crippen LogP contribution in [0.2, 0.25) is 0 Å². The van der Waals surface area contributed by atoms with Gasteiger partial charge in [0.1, 0.15) is 17.6 Å². The van der Waals surface area contributed by atoms with Crippen molar-refractivity contribution in [3.05, 3.63) is 84.4 Å². The van der Waals surface area contributed by atoms with Gasteiger partial charge >= 0.3 is 0 Å². The standard InChI is InChI=1S/C25H22N2O3S/c28-24(18-7-6-10-21(17-18)29-19-8-2-1-3-9-19)27-15-13-20(14-16-27)30-25-26-22-11-4-5-12-23(22)31-25/h1-12,17,20H,13-16H2. The second-order valence-corrected chi connectivity index (χ2v) is 8.49. The van der Waals surface area contributed by atoms with Gasteiger partial charge in [-0.2, -0.15) is 0 Å². The maximum absolute atomic E-state index is 13.0. The van der Waals surface area contributed by atoms with E-state index in [9.17, 15) is 4.79 Å². The number of ether oxygens (including phenoxy) is 2. The first-order chi connectivity index (χ1) is 15.2. The number of rotatable bonds is 5. The minimum atomic E-state index is 0.0250. The van der Waals surface area contributed by atoms with E-state index in [1.807, 2.05) is 71.6 Å². The molecule has 156 valence electrons. The highest BCUT2D eigenvalue weighted by molar-refractivity contribution is 7.20. The van der Waals surface area contributed by atoms with Gasteiger partial charge in [0.25, 0.3) is 11.1 Å². The Morgan fingerprint density at radius 2 is 1.65 bits per heavy atom. The number of benzene rings is 3. The zero-order valence-corrected chi connectivity index (χ0v) is 17.8. The number of carbonyl (C=O) groups excluding carboxylic acids is 1. The van der Waals surface area contributed by atoms with Crippen LogP contribution in [0.4, 0.5) is 0 Å². The van der Waals surface area contributed by atoms with Crippen molar-refractivity contribution in [1.29, 1.82) is 0 Å². The van der Waals surface area contributed by atoms with Crippen LogP contribution in [0, 0.1) is 0 Å². The number of hydrogen-bond donors (Lipinski definition) is 0. The summed E-state index contributed by atoms with van der Waals surface area (Å²) >= 11 is 1.57. The molecule has 0 radical (unpaired) electrons. The summed E-state index contributed by atoms with van der Waals surface area (Å²) in [6.45, 7) is 1.33. The fourth-order valence-electron chi connectivity index (χ4n) is 3.72. The molecule has 0 saturated carbocycles. The van der Waals surface area contributed by atoms with E-state index in [1.165, 1.54) is 0 Å². The largest absolute Gasteiger partial charge is 0.467 e. The first kappa shape index (κ1) is 19.6. The monoisotopic (exact) mass is 430 g/mol. The third kappa shape index (κ3) is 4.54. The number of amides is 1. The fraction of sp³-hybridized carbons (Fsp3) is 0.200. The number of thiazole rings is 1. The maximum Gasteiger partial charge on any atom is 0.274 e. The Bertz CT molecular complexity index is 1150. The van der Waals surface area contributed by atoms with Gasteiger partial charge in [0.15, 0.2) is 0 Å². The van der Waals surface area contributed by atoms with E-state index in [0.29, 0.717) is 29.6 Å². The van der Waals surface area contributed by atoms with E-state index in [4.69, 9.17) is 9.47 Å². The van der Waals surface area contributed by atoms with Crippen molar-refractivity contribution in [1.82, 2.24) is 9.88 Å². The number of piperidine rings is 1. The summed E-state index contributed by atoms with van der Waals surface area (Å²) in [4.78, 5) is 19.4. The summed E-state index contributed by atoms with van der Waals surface area (Å²) in [6.07, 6.45) is 1.67. The average Bonchev–Trinajstić information content (AvgIpc) is 3.22. The lowest BCUT2D eigenvalue weighted by molar-refractivity contribution is 0.0595. The van der Waals surface area contributed by atoms with Crippen LogP contribution in [0.5, 0.6) is 16.7 Å². The van der Waals surface area contributed by atoms with Crippen LogP contribution < -0.4 is 9.47 Å². The van der Waals surface area contributed by atoms with Crippen molar-refractivity contribution in [3.8, 4) is 16.7 Å². The topological polar surface area (TPSA) is 51.7 Å². The number of para-hydroxylation sites is 2. The molecule has 3 aromatic carbocycles. The zero-order valence-electron chi connectivity index (χ0n) is 16.9. The molecule has 0 unspecified atom stereocenters. The fourth-order valence-corrected chi connectivity index (χ4v) is 4.60. The molecule has 1 aliphatic heterocycles. The Hall–Kier alpha value is -3.38. The molecule has 4 aromatic rings. The van der Waals surface area contributed by atoms with Crippen molar-refractivity contribution in [2.75, 3.05) is 13.1 Å². The quantitative estimate of drug-likeness (QED) is 0.403. The molecule has 1 saturated heterocycles. The molecule has 6 heteroatoms. The Kier molecular flexibility index (Phi) is 5.54.